The van der Waals surface area contributed by atoms with Gasteiger partial charge in [0.05, 0.1) is 11.5 Å². The standard InChI is InChI=1S/C15H23NO3S/c1-3-19-15-9-8-14(12-13(15)2)20(17,18)16-10-6-4-5-7-11-16/h8-9,12H,3-7,10-11H2,1-2H3. The van der Waals surface area contributed by atoms with Gasteiger partial charge in [-0.1, -0.05) is 12.8 Å². The van der Waals surface area contributed by atoms with E-state index in [2.05, 4.69) is 0 Å². The minimum Gasteiger partial charge on any atom is -0.494 e. The van der Waals surface area contributed by atoms with E-state index in [1.807, 2.05) is 13.8 Å². The summed E-state index contributed by atoms with van der Waals surface area (Å²) in [5.41, 5.74) is 0.864. The van der Waals surface area contributed by atoms with E-state index in [4.69, 9.17) is 4.74 Å². The van der Waals surface area contributed by atoms with Crippen LogP contribution in [-0.4, -0.2) is 32.4 Å². The topological polar surface area (TPSA) is 46.6 Å². The predicted octanol–water partition coefficient (Wildman–Crippen LogP) is 2.96. The molecule has 0 aliphatic carbocycles. The maximum Gasteiger partial charge on any atom is 0.243 e. The van der Waals surface area contributed by atoms with Crippen molar-refractivity contribution in [1.82, 2.24) is 4.31 Å². The normalized spacial score (nSPS) is 17.7. The van der Waals surface area contributed by atoms with Crippen LogP contribution < -0.4 is 4.74 Å². The van der Waals surface area contributed by atoms with Gasteiger partial charge in [0.15, 0.2) is 0 Å². The van der Waals surface area contributed by atoms with Gasteiger partial charge in [-0.2, -0.15) is 4.31 Å². The number of benzene rings is 1. The smallest absolute Gasteiger partial charge is 0.243 e. The van der Waals surface area contributed by atoms with Crippen LogP contribution in [0.4, 0.5) is 0 Å². The Morgan fingerprint density at radius 1 is 1.15 bits per heavy atom. The Labute approximate surface area is 121 Å². The first-order valence-corrected chi connectivity index (χ1v) is 8.73. The Bertz CT molecular complexity index is 546. The van der Waals surface area contributed by atoms with Crippen LogP contribution >= 0.6 is 0 Å². The second-order valence-electron chi connectivity index (χ2n) is 5.18. The second kappa shape index (κ2) is 6.59. The van der Waals surface area contributed by atoms with E-state index in [9.17, 15) is 8.42 Å². The van der Waals surface area contributed by atoms with E-state index < -0.39 is 10.0 Å². The molecule has 112 valence electrons. The number of aryl methyl sites for hydroxylation is 1. The summed E-state index contributed by atoms with van der Waals surface area (Å²) in [6.45, 7) is 5.65. The van der Waals surface area contributed by atoms with Crippen LogP contribution in [-0.2, 0) is 10.0 Å². The largest absolute Gasteiger partial charge is 0.494 e. The maximum absolute atomic E-state index is 12.6. The van der Waals surface area contributed by atoms with Gasteiger partial charge >= 0.3 is 0 Å². The highest BCUT2D eigenvalue weighted by molar-refractivity contribution is 7.89. The Kier molecular flexibility index (Phi) is 5.05. The Morgan fingerprint density at radius 3 is 2.35 bits per heavy atom. The molecule has 1 fully saturated rings. The van der Waals surface area contributed by atoms with Crippen molar-refractivity contribution < 1.29 is 13.2 Å². The molecule has 0 unspecified atom stereocenters. The van der Waals surface area contributed by atoms with Gasteiger partial charge in [-0.05, 0) is 50.5 Å². The molecule has 1 saturated heterocycles. The first-order chi connectivity index (χ1) is 9.55. The van der Waals surface area contributed by atoms with E-state index in [-0.39, 0.29) is 0 Å². The third kappa shape index (κ3) is 3.33. The summed E-state index contributed by atoms with van der Waals surface area (Å²) in [6.07, 6.45) is 4.15. The summed E-state index contributed by atoms with van der Waals surface area (Å²) >= 11 is 0. The van der Waals surface area contributed by atoms with Crippen molar-refractivity contribution in [2.24, 2.45) is 0 Å². The summed E-state index contributed by atoms with van der Waals surface area (Å²) in [4.78, 5) is 0.375. The highest BCUT2D eigenvalue weighted by Crippen LogP contribution is 2.25. The number of ether oxygens (including phenoxy) is 1. The van der Waals surface area contributed by atoms with Crippen LogP contribution in [0.5, 0.6) is 5.75 Å². The van der Waals surface area contributed by atoms with Crippen LogP contribution in [0.3, 0.4) is 0 Å². The summed E-state index contributed by atoms with van der Waals surface area (Å²) in [7, 11) is -3.36. The van der Waals surface area contributed by atoms with Gasteiger partial charge in [-0.3, -0.25) is 0 Å². The molecule has 0 radical (unpaired) electrons. The van der Waals surface area contributed by atoms with Crippen LogP contribution in [0, 0.1) is 6.92 Å². The fraction of sp³-hybridized carbons (Fsp3) is 0.600. The molecule has 1 aliphatic rings. The van der Waals surface area contributed by atoms with Crippen molar-refractivity contribution in [3.8, 4) is 5.75 Å². The maximum atomic E-state index is 12.6. The highest BCUT2D eigenvalue weighted by Gasteiger charge is 2.25. The molecule has 0 bridgehead atoms. The van der Waals surface area contributed by atoms with Gasteiger partial charge < -0.3 is 4.74 Å². The van der Waals surface area contributed by atoms with Crippen LogP contribution in [0.2, 0.25) is 0 Å². The Morgan fingerprint density at radius 2 is 1.80 bits per heavy atom. The number of sulfonamides is 1. The molecule has 1 aromatic rings. The van der Waals surface area contributed by atoms with Crippen molar-refractivity contribution >= 4 is 10.0 Å². The zero-order valence-corrected chi connectivity index (χ0v) is 13.1. The van der Waals surface area contributed by atoms with Crippen molar-refractivity contribution in [1.29, 1.82) is 0 Å². The number of rotatable bonds is 4. The lowest BCUT2D eigenvalue weighted by Gasteiger charge is -2.20. The number of hydrogen-bond donors (Lipinski definition) is 0. The second-order valence-corrected chi connectivity index (χ2v) is 7.12. The zero-order chi connectivity index (χ0) is 14.6. The third-order valence-electron chi connectivity index (χ3n) is 3.65. The summed E-state index contributed by atoms with van der Waals surface area (Å²) in [5.74, 6) is 0.752. The summed E-state index contributed by atoms with van der Waals surface area (Å²) in [6, 6.07) is 5.12. The molecular weight excluding hydrogens is 274 g/mol. The monoisotopic (exact) mass is 297 g/mol. The van der Waals surface area contributed by atoms with Crippen molar-refractivity contribution in [3.05, 3.63) is 23.8 Å². The fourth-order valence-corrected chi connectivity index (χ4v) is 4.13. The SMILES string of the molecule is CCOc1ccc(S(=O)(=O)N2CCCCCC2)cc1C. The lowest BCUT2D eigenvalue weighted by atomic mass is 10.2. The molecule has 0 aromatic heterocycles. The third-order valence-corrected chi connectivity index (χ3v) is 5.54. The lowest BCUT2D eigenvalue weighted by molar-refractivity contribution is 0.337. The Hall–Kier alpha value is -1.07. The molecule has 4 nitrogen and oxygen atoms in total. The van der Waals surface area contributed by atoms with E-state index in [1.165, 1.54) is 0 Å². The van der Waals surface area contributed by atoms with E-state index in [0.717, 1.165) is 37.0 Å². The van der Waals surface area contributed by atoms with Gasteiger partial charge in [0.2, 0.25) is 10.0 Å². The molecule has 2 rings (SSSR count). The lowest BCUT2D eigenvalue weighted by Crippen LogP contribution is -2.31. The average molecular weight is 297 g/mol. The molecule has 0 atom stereocenters. The van der Waals surface area contributed by atoms with Crippen molar-refractivity contribution in [2.75, 3.05) is 19.7 Å². The first-order valence-electron chi connectivity index (χ1n) is 7.29. The van der Waals surface area contributed by atoms with Crippen molar-refractivity contribution in [2.45, 2.75) is 44.4 Å². The minimum absolute atomic E-state index is 0.375. The average Bonchev–Trinajstić information content (AvgIpc) is 2.70. The first kappa shape index (κ1) is 15.3. The highest BCUT2D eigenvalue weighted by atomic mass is 32.2. The van der Waals surface area contributed by atoms with Gasteiger partial charge in [0.25, 0.3) is 0 Å². The Balaban J connectivity index is 2.26. The van der Waals surface area contributed by atoms with Crippen LogP contribution in [0.15, 0.2) is 23.1 Å². The van der Waals surface area contributed by atoms with Gasteiger partial charge in [0.1, 0.15) is 5.75 Å². The minimum atomic E-state index is -3.36. The molecule has 20 heavy (non-hydrogen) atoms. The molecule has 0 amide bonds. The molecule has 1 aliphatic heterocycles. The fourth-order valence-electron chi connectivity index (χ4n) is 2.53. The van der Waals surface area contributed by atoms with Gasteiger partial charge in [-0.25, -0.2) is 8.42 Å². The molecule has 0 N–H and O–H groups in total. The summed E-state index contributed by atoms with van der Waals surface area (Å²) in [5, 5.41) is 0. The van der Waals surface area contributed by atoms with Crippen LogP contribution in [0.1, 0.15) is 38.2 Å². The molecule has 0 saturated carbocycles. The molecule has 0 spiro atoms. The zero-order valence-electron chi connectivity index (χ0n) is 12.3. The molecule has 5 heteroatoms. The number of hydrogen-bond acceptors (Lipinski definition) is 3. The van der Waals surface area contributed by atoms with E-state index in [0.29, 0.717) is 24.6 Å². The molecule has 1 heterocycles. The predicted molar refractivity (Wildman–Crippen MR) is 79.6 cm³/mol. The van der Waals surface area contributed by atoms with E-state index in [1.54, 1.807) is 22.5 Å². The molecule has 1 aromatic carbocycles. The van der Waals surface area contributed by atoms with Crippen LogP contribution in [0.25, 0.3) is 0 Å². The van der Waals surface area contributed by atoms with Gasteiger partial charge in [-0.15, -0.1) is 0 Å². The quantitative estimate of drug-likeness (QED) is 0.858. The molecular formula is C15H23NO3S. The number of nitrogens with zero attached hydrogens (tertiary/aromatic N) is 1. The van der Waals surface area contributed by atoms with Gasteiger partial charge in [0, 0.05) is 13.1 Å². The summed E-state index contributed by atoms with van der Waals surface area (Å²) < 4.78 is 32.4. The van der Waals surface area contributed by atoms with E-state index >= 15 is 0 Å². The van der Waals surface area contributed by atoms with Crippen molar-refractivity contribution in [3.63, 3.8) is 0 Å².